The van der Waals surface area contributed by atoms with Crippen molar-refractivity contribution in [1.29, 1.82) is 0 Å². The number of rotatable bonds is 1. The fourth-order valence-corrected chi connectivity index (χ4v) is 2.20. The lowest BCUT2D eigenvalue weighted by Crippen LogP contribution is -1.97. The normalized spacial score (nSPS) is 11.2. The molecule has 18 heavy (non-hydrogen) atoms. The first-order chi connectivity index (χ1) is 8.58. The van der Waals surface area contributed by atoms with Gasteiger partial charge in [-0.2, -0.15) is 5.10 Å². The van der Waals surface area contributed by atoms with Crippen LogP contribution in [0.4, 0.5) is 5.82 Å². The summed E-state index contributed by atoms with van der Waals surface area (Å²) in [6.07, 6.45) is 1.66. The van der Waals surface area contributed by atoms with E-state index in [2.05, 4.69) is 10.1 Å². The van der Waals surface area contributed by atoms with Gasteiger partial charge in [0.2, 0.25) is 0 Å². The molecule has 0 amide bonds. The van der Waals surface area contributed by atoms with Crippen molar-refractivity contribution in [2.75, 3.05) is 5.73 Å². The standard InChI is InChI=1S/C12H9ClN4O/c1-17-10-7-4-6(11(13)18)2-3-9(7)16-12(14)8(10)5-15-17/h2-5H,1H3,(H2,14,16). The lowest BCUT2D eigenvalue weighted by atomic mass is 10.1. The molecule has 2 aromatic heterocycles. The number of pyridine rings is 1. The Kier molecular flexibility index (Phi) is 2.24. The molecule has 0 unspecified atom stereocenters. The van der Waals surface area contributed by atoms with E-state index in [1.165, 1.54) is 0 Å². The highest BCUT2D eigenvalue weighted by Crippen LogP contribution is 2.28. The third kappa shape index (κ3) is 1.44. The number of nitrogen functional groups attached to an aromatic ring is 1. The lowest BCUT2D eigenvalue weighted by Gasteiger charge is -2.05. The molecule has 5 nitrogen and oxygen atoms in total. The molecule has 0 saturated carbocycles. The molecule has 3 rings (SSSR count). The fourth-order valence-electron chi connectivity index (χ4n) is 2.08. The summed E-state index contributed by atoms with van der Waals surface area (Å²) >= 11 is 5.49. The Balaban J connectivity index is 2.53. The Morgan fingerprint density at radius 1 is 1.39 bits per heavy atom. The maximum Gasteiger partial charge on any atom is 0.252 e. The van der Waals surface area contributed by atoms with E-state index in [1.54, 1.807) is 29.1 Å². The zero-order valence-electron chi connectivity index (χ0n) is 9.51. The molecule has 0 aliphatic carbocycles. The van der Waals surface area contributed by atoms with E-state index in [-0.39, 0.29) is 0 Å². The summed E-state index contributed by atoms with van der Waals surface area (Å²) in [7, 11) is 1.82. The van der Waals surface area contributed by atoms with E-state index < -0.39 is 5.24 Å². The second-order valence-corrected chi connectivity index (χ2v) is 4.38. The van der Waals surface area contributed by atoms with Gasteiger partial charge in [0.05, 0.1) is 22.6 Å². The van der Waals surface area contributed by atoms with Gasteiger partial charge in [-0.3, -0.25) is 9.48 Å². The first-order valence-corrected chi connectivity index (χ1v) is 5.66. The largest absolute Gasteiger partial charge is 0.383 e. The number of carbonyl (C=O) groups is 1. The van der Waals surface area contributed by atoms with Crippen molar-refractivity contribution in [3.05, 3.63) is 30.0 Å². The van der Waals surface area contributed by atoms with Crippen LogP contribution in [0.15, 0.2) is 24.4 Å². The Labute approximate surface area is 107 Å². The summed E-state index contributed by atoms with van der Waals surface area (Å²) in [4.78, 5) is 15.5. The highest BCUT2D eigenvalue weighted by molar-refractivity contribution is 6.67. The molecule has 0 bridgehead atoms. The number of fused-ring (bicyclic) bond motifs is 3. The molecule has 6 heteroatoms. The van der Waals surface area contributed by atoms with E-state index in [1.807, 2.05) is 7.05 Å². The number of nitrogens with two attached hydrogens (primary N) is 1. The highest BCUT2D eigenvalue weighted by Gasteiger charge is 2.12. The molecule has 0 fully saturated rings. The van der Waals surface area contributed by atoms with E-state index in [0.717, 1.165) is 16.3 Å². The van der Waals surface area contributed by atoms with Crippen LogP contribution in [0.5, 0.6) is 0 Å². The second kappa shape index (κ2) is 3.68. The van der Waals surface area contributed by atoms with E-state index in [0.29, 0.717) is 16.9 Å². The summed E-state index contributed by atoms with van der Waals surface area (Å²) in [5.41, 5.74) is 7.86. The van der Waals surface area contributed by atoms with Gasteiger partial charge in [-0.05, 0) is 29.8 Å². The van der Waals surface area contributed by atoms with Gasteiger partial charge < -0.3 is 5.73 Å². The molecule has 0 atom stereocenters. The zero-order valence-corrected chi connectivity index (χ0v) is 10.3. The van der Waals surface area contributed by atoms with Gasteiger partial charge in [-0.25, -0.2) is 4.98 Å². The average molecular weight is 261 g/mol. The molecule has 2 N–H and O–H groups in total. The van der Waals surface area contributed by atoms with Gasteiger partial charge in [0.25, 0.3) is 5.24 Å². The van der Waals surface area contributed by atoms with Crippen LogP contribution < -0.4 is 5.73 Å². The van der Waals surface area contributed by atoms with Crippen LogP contribution in [0.1, 0.15) is 10.4 Å². The third-order valence-corrected chi connectivity index (χ3v) is 3.15. The van der Waals surface area contributed by atoms with Crippen molar-refractivity contribution in [2.45, 2.75) is 0 Å². The van der Waals surface area contributed by atoms with Gasteiger partial charge in [0.15, 0.2) is 0 Å². The van der Waals surface area contributed by atoms with Crippen molar-refractivity contribution < 1.29 is 4.79 Å². The van der Waals surface area contributed by atoms with Crippen LogP contribution in [0.25, 0.3) is 21.8 Å². The molecule has 90 valence electrons. The Bertz CT molecular complexity index is 793. The summed E-state index contributed by atoms with van der Waals surface area (Å²) in [6.45, 7) is 0. The molecule has 0 spiro atoms. The third-order valence-electron chi connectivity index (χ3n) is 2.93. The van der Waals surface area contributed by atoms with E-state index in [4.69, 9.17) is 17.3 Å². The predicted molar refractivity (Wildman–Crippen MR) is 70.6 cm³/mol. The van der Waals surface area contributed by atoms with E-state index in [9.17, 15) is 4.79 Å². The smallest absolute Gasteiger partial charge is 0.252 e. The Hall–Kier alpha value is -2.14. The summed E-state index contributed by atoms with van der Waals surface area (Å²) in [6, 6.07) is 5.07. The molecule has 0 aliphatic heterocycles. The van der Waals surface area contributed by atoms with Gasteiger partial charge >= 0.3 is 0 Å². The molecular weight excluding hydrogens is 252 g/mol. The average Bonchev–Trinajstić information content (AvgIpc) is 2.72. The van der Waals surface area contributed by atoms with Crippen molar-refractivity contribution in [3.8, 4) is 0 Å². The predicted octanol–water partition coefficient (Wildman–Crippen LogP) is 2.08. The van der Waals surface area contributed by atoms with Gasteiger partial charge in [0, 0.05) is 18.0 Å². The van der Waals surface area contributed by atoms with Gasteiger partial charge in [0.1, 0.15) is 5.82 Å². The van der Waals surface area contributed by atoms with Gasteiger partial charge in [-0.15, -0.1) is 0 Å². The first-order valence-electron chi connectivity index (χ1n) is 5.28. The van der Waals surface area contributed by atoms with Crippen molar-refractivity contribution >= 4 is 44.5 Å². The van der Waals surface area contributed by atoms with Crippen LogP contribution in [0.3, 0.4) is 0 Å². The topological polar surface area (TPSA) is 73.8 Å². The Morgan fingerprint density at radius 2 is 2.17 bits per heavy atom. The van der Waals surface area contributed by atoms with Crippen LogP contribution in [-0.2, 0) is 7.05 Å². The number of hydrogen-bond acceptors (Lipinski definition) is 4. The minimum absolute atomic E-state index is 0.426. The summed E-state index contributed by atoms with van der Waals surface area (Å²) in [5.74, 6) is 0.426. The van der Waals surface area contributed by atoms with Crippen LogP contribution in [0.2, 0.25) is 0 Å². The maximum absolute atomic E-state index is 11.2. The number of hydrogen-bond donors (Lipinski definition) is 1. The molecule has 0 saturated heterocycles. The molecule has 0 radical (unpaired) electrons. The number of anilines is 1. The number of nitrogens with zero attached hydrogens (tertiary/aromatic N) is 3. The second-order valence-electron chi connectivity index (χ2n) is 4.03. The molecule has 2 heterocycles. The van der Waals surface area contributed by atoms with E-state index >= 15 is 0 Å². The number of benzene rings is 1. The number of halogens is 1. The summed E-state index contributed by atoms with van der Waals surface area (Å²) < 4.78 is 1.71. The monoisotopic (exact) mass is 260 g/mol. The highest BCUT2D eigenvalue weighted by atomic mass is 35.5. The first kappa shape index (κ1) is 11.0. The molecule has 3 aromatic rings. The quantitative estimate of drug-likeness (QED) is 0.680. The summed E-state index contributed by atoms with van der Waals surface area (Å²) in [5, 5.41) is 5.24. The number of aromatic nitrogens is 3. The molecule has 1 aromatic carbocycles. The van der Waals surface area contributed by atoms with Crippen molar-refractivity contribution in [2.24, 2.45) is 7.05 Å². The molecular formula is C12H9ClN4O. The van der Waals surface area contributed by atoms with Gasteiger partial charge in [-0.1, -0.05) is 0 Å². The Morgan fingerprint density at radius 3 is 2.89 bits per heavy atom. The lowest BCUT2D eigenvalue weighted by molar-refractivity contribution is 0.108. The van der Waals surface area contributed by atoms with Crippen LogP contribution in [-0.4, -0.2) is 20.0 Å². The zero-order chi connectivity index (χ0) is 12.9. The SMILES string of the molecule is Cn1ncc2c(N)nc3ccc(C(=O)Cl)cc3c21. The number of carbonyl (C=O) groups excluding carboxylic acids is 1. The van der Waals surface area contributed by atoms with Crippen molar-refractivity contribution in [3.63, 3.8) is 0 Å². The minimum atomic E-state index is -0.496. The van der Waals surface area contributed by atoms with Crippen molar-refractivity contribution in [1.82, 2.24) is 14.8 Å². The van der Waals surface area contributed by atoms with Crippen LogP contribution >= 0.6 is 11.6 Å². The fraction of sp³-hybridized carbons (Fsp3) is 0.0833. The van der Waals surface area contributed by atoms with Crippen LogP contribution in [0, 0.1) is 0 Å². The molecule has 0 aliphatic rings. The maximum atomic E-state index is 11.2. The number of aryl methyl sites for hydroxylation is 1. The minimum Gasteiger partial charge on any atom is -0.383 e.